The van der Waals surface area contributed by atoms with Gasteiger partial charge in [0, 0.05) is 36.8 Å². The Balaban J connectivity index is 1.51. The largest absolute Gasteiger partial charge is 0.394 e. The lowest BCUT2D eigenvalue weighted by atomic mass is 9.81. The molecule has 0 radical (unpaired) electrons. The highest BCUT2D eigenvalue weighted by atomic mass is 19.1. The number of hydrogen-bond acceptors (Lipinski definition) is 3. The van der Waals surface area contributed by atoms with Crippen LogP contribution in [-0.4, -0.2) is 48.3 Å². The third-order valence-corrected chi connectivity index (χ3v) is 7.73. The highest BCUT2D eigenvalue weighted by Crippen LogP contribution is 2.49. The lowest BCUT2D eigenvalue weighted by Crippen LogP contribution is -2.50. The van der Waals surface area contributed by atoms with E-state index in [1.54, 1.807) is 12.1 Å². The van der Waals surface area contributed by atoms with Gasteiger partial charge in [0.25, 0.3) is 0 Å². The van der Waals surface area contributed by atoms with Gasteiger partial charge in [-0.25, -0.2) is 9.18 Å². The summed E-state index contributed by atoms with van der Waals surface area (Å²) >= 11 is 0. The van der Waals surface area contributed by atoms with E-state index in [9.17, 15) is 14.3 Å². The van der Waals surface area contributed by atoms with E-state index in [1.807, 2.05) is 36.2 Å². The molecule has 32 heavy (non-hydrogen) atoms. The van der Waals surface area contributed by atoms with E-state index in [-0.39, 0.29) is 42.5 Å². The van der Waals surface area contributed by atoms with Crippen molar-refractivity contribution >= 4 is 11.7 Å². The average molecular weight is 438 g/mol. The molecular weight excluding hydrogens is 405 g/mol. The van der Waals surface area contributed by atoms with Gasteiger partial charge in [0.2, 0.25) is 0 Å². The number of urea groups is 1. The summed E-state index contributed by atoms with van der Waals surface area (Å²) in [5, 5.41) is 13.5. The zero-order valence-electron chi connectivity index (χ0n) is 18.6. The van der Waals surface area contributed by atoms with Crippen LogP contribution in [0.1, 0.15) is 50.1 Å². The number of anilines is 1. The molecule has 5 nitrogen and oxygen atoms in total. The Hall–Kier alpha value is -2.60. The van der Waals surface area contributed by atoms with Crippen LogP contribution in [0.5, 0.6) is 0 Å². The number of nitrogens with one attached hydrogen (secondary N) is 1. The van der Waals surface area contributed by atoms with Gasteiger partial charge in [-0.1, -0.05) is 43.5 Å². The zero-order valence-corrected chi connectivity index (χ0v) is 18.6. The highest BCUT2D eigenvalue weighted by molar-refractivity contribution is 5.78. The van der Waals surface area contributed by atoms with Gasteiger partial charge in [-0.05, 0) is 48.6 Å². The van der Waals surface area contributed by atoms with Gasteiger partial charge in [0.1, 0.15) is 5.82 Å². The van der Waals surface area contributed by atoms with Crippen LogP contribution in [0.2, 0.25) is 0 Å². The number of likely N-dealkylation sites (tertiary alicyclic amines) is 1. The Kier molecular flexibility index (Phi) is 5.80. The number of benzene rings is 2. The van der Waals surface area contributed by atoms with E-state index < -0.39 is 0 Å². The molecule has 170 valence electrons. The van der Waals surface area contributed by atoms with Crippen molar-refractivity contribution in [1.82, 2.24) is 10.2 Å². The van der Waals surface area contributed by atoms with Crippen LogP contribution in [0.15, 0.2) is 42.5 Å². The monoisotopic (exact) mass is 437 g/mol. The Labute approximate surface area is 189 Å². The minimum atomic E-state index is -0.250. The molecule has 2 fully saturated rings. The molecule has 3 atom stereocenters. The first-order valence-corrected chi connectivity index (χ1v) is 11.9. The van der Waals surface area contributed by atoms with Gasteiger partial charge in [0.15, 0.2) is 0 Å². The second-order valence-corrected chi connectivity index (χ2v) is 9.49. The number of nitrogens with zero attached hydrogens (tertiary/aromatic N) is 2. The molecule has 6 heteroatoms. The van der Waals surface area contributed by atoms with Crippen LogP contribution < -0.4 is 10.2 Å². The molecule has 0 unspecified atom stereocenters. The molecule has 1 aliphatic carbocycles. The highest BCUT2D eigenvalue weighted by Gasteiger charge is 2.48. The minimum absolute atomic E-state index is 0.00659. The van der Waals surface area contributed by atoms with Crippen molar-refractivity contribution in [2.24, 2.45) is 5.92 Å². The second-order valence-electron chi connectivity index (χ2n) is 9.49. The molecule has 2 aliphatic heterocycles. The van der Waals surface area contributed by atoms with Crippen LogP contribution in [0.3, 0.4) is 0 Å². The molecule has 2 heterocycles. The van der Waals surface area contributed by atoms with Gasteiger partial charge < -0.3 is 20.2 Å². The summed E-state index contributed by atoms with van der Waals surface area (Å²) in [5.74, 6) is -0.106. The van der Waals surface area contributed by atoms with E-state index in [0.29, 0.717) is 12.1 Å². The summed E-state index contributed by atoms with van der Waals surface area (Å²) in [5.41, 5.74) is 3.42. The summed E-state index contributed by atoms with van der Waals surface area (Å²) in [7, 11) is 2.00. The normalized spacial score (nSPS) is 25.4. The SMILES string of the molecule is CN1c2ccc(-c3ccccc3F)cc2[C@H]2[C@H](CCN2C(=O)NC2CCCCC2)[C@@H]1CO. The first-order valence-electron chi connectivity index (χ1n) is 11.9. The number of fused-ring (bicyclic) bond motifs is 3. The maximum atomic E-state index is 14.5. The van der Waals surface area contributed by atoms with E-state index in [4.69, 9.17) is 0 Å². The quantitative estimate of drug-likeness (QED) is 0.731. The van der Waals surface area contributed by atoms with Gasteiger partial charge in [-0.2, -0.15) is 0 Å². The molecule has 1 saturated heterocycles. The smallest absolute Gasteiger partial charge is 0.318 e. The van der Waals surface area contributed by atoms with Crippen LogP contribution in [-0.2, 0) is 0 Å². The Morgan fingerprint density at radius 1 is 1.12 bits per heavy atom. The van der Waals surface area contributed by atoms with Crippen molar-refractivity contribution in [3.8, 4) is 11.1 Å². The van der Waals surface area contributed by atoms with Gasteiger partial charge in [-0.15, -0.1) is 0 Å². The van der Waals surface area contributed by atoms with E-state index in [0.717, 1.165) is 36.1 Å². The van der Waals surface area contributed by atoms with Crippen LogP contribution in [0.25, 0.3) is 11.1 Å². The maximum Gasteiger partial charge on any atom is 0.318 e. The summed E-state index contributed by atoms with van der Waals surface area (Å²) in [6.07, 6.45) is 6.53. The lowest BCUT2D eigenvalue weighted by molar-refractivity contribution is 0.156. The van der Waals surface area contributed by atoms with Crippen molar-refractivity contribution in [2.45, 2.75) is 56.7 Å². The van der Waals surface area contributed by atoms with E-state index in [2.05, 4.69) is 10.2 Å². The van der Waals surface area contributed by atoms with Gasteiger partial charge in [-0.3, -0.25) is 0 Å². The predicted octanol–water partition coefficient (Wildman–Crippen LogP) is 4.71. The van der Waals surface area contributed by atoms with Crippen molar-refractivity contribution in [2.75, 3.05) is 25.1 Å². The molecule has 1 saturated carbocycles. The third kappa shape index (κ3) is 3.64. The summed E-state index contributed by atoms with van der Waals surface area (Å²) < 4.78 is 14.5. The van der Waals surface area contributed by atoms with Crippen LogP contribution >= 0.6 is 0 Å². The minimum Gasteiger partial charge on any atom is -0.394 e. The predicted molar refractivity (Wildman–Crippen MR) is 124 cm³/mol. The average Bonchev–Trinajstić information content (AvgIpc) is 3.25. The molecule has 0 bridgehead atoms. The number of rotatable bonds is 3. The molecule has 2 aromatic rings. The van der Waals surface area contributed by atoms with Gasteiger partial charge >= 0.3 is 6.03 Å². The van der Waals surface area contributed by atoms with Crippen LogP contribution in [0, 0.1) is 11.7 Å². The fourth-order valence-electron chi connectivity index (χ4n) is 6.05. The number of hydrogen-bond donors (Lipinski definition) is 2. The van der Waals surface area contributed by atoms with Crippen molar-refractivity contribution in [3.05, 3.63) is 53.8 Å². The number of carbonyl (C=O) groups excluding carboxylic acids is 1. The molecule has 3 aliphatic rings. The molecular formula is C26H32FN3O2. The zero-order chi connectivity index (χ0) is 22.2. The summed E-state index contributed by atoms with van der Waals surface area (Å²) in [4.78, 5) is 17.4. The third-order valence-electron chi connectivity index (χ3n) is 7.73. The second kappa shape index (κ2) is 8.74. The number of amides is 2. The molecule has 2 aromatic carbocycles. The Morgan fingerprint density at radius 2 is 1.91 bits per heavy atom. The standard InChI is InChI=1S/C26H32FN3O2/c1-29-23-12-11-17(19-9-5-6-10-22(19)27)15-21(23)25-20(24(29)16-31)13-14-30(25)26(32)28-18-7-3-2-4-8-18/h5-6,9-12,15,18,20,24-25,31H,2-4,7-8,13-14,16H2,1H3,(H,28,32)/t20-,24+,25-/m1/s1. The number of likely N-dealkylation sites (N-methyl/N-ethyl adjacent to an activating group) is 1. The maximum absolute atomic E-state index is 14.5. The molecule has 5 rings (SSSR count). The first kappa shape index (κ1) is 21.3. The molecule has 2 N–H and O–H groups in total. The fraction of sp³-hybridized carbons (Fsp3) is 0.500. The molecule has 0 aromatic heterocycles. The van der Waals surface area contributed by atoms with Gasteiger partial charge in [0.05, 0.1) is 18.7 Å². The van der Waals surface area contributed by atoms with Crippen LogP contribution in [0.4, 0.5) is 14.9 Å². The summed E-state index contributed by atoms with van der Waals surface area (Å²) in [6.45, 7) is 0.714. The number of carbonyl (C=O) groups is 1. The summed E-state index contributed by atoms with van der Waals surface area (Å²) in [6, 6.07) is 12.9. The van der Waals surface area contributed by atoms with Crippen molar-refractivity contribution in [3.63, 3.8) is 0 Å². The van der Waals surface area contributed by atoms with Crippen molar-refractivity contribution in [1.29, 1.82) is 0 Å². The number of aliphatic hydroxyl groups excluding tert-OH is 1. The number of aliphatic hydroxyl groups is 1. The first-order chi connectivity index (χ1) is 15.6. The topological polar surface area (TPSA) is 55.8 Å². The molecule has 0 spiro atoms. The Bertz CT molecular complexity index is 991. The van der Waals surface area contributed by atoms with E-state index in [1.165, 1.54) is 25.3 Å². The van der Waals surface area contributed by atoms with Crippen molar-refractivity contribution < 1.29 is 14.3 Å². The Morgan fingerprint density at radius 3 is 2.66 bits per heavy atom. The fourth-order valence-corrected chi connectivity index (χ4v) is 6.05. The molecule has 2 amide bonds. The number of halogens is 1. The lowest BCUT2D eigenvalue weighted by Gasteiger charge is -2.44. The van der Waals surface area contributed by atoms with E-state index >= 15 is 0 Å².